The van der Waals surface area contributed by atoms with E-state index in [1.807, 2.05) is 13.8 Å². The zero-order chi connectivity index (χ0) is 21.2. The number of ketones is 1. The highest BCUT2D eigenvalue weighted by atomic mass is 16.5. The molecule has 2 heterocycles. The number of amides is 4. The van der Waals surface area contributed by atoms with E-state index in [-0.39, 0.29) is 34.7 Å². The standard InChI is InChI=1S/C21H22N2O6/c1-21(2)8-12(25)15-13(9-21)29-17-10(6-5-7-11(17)24)14(15)16-18(26)22(3)20(28)23(4)19(16)27/h5-7,14,16,24H,8-9H2,1-4H3. The lowest BCUT2D eigenvalue weighted by atomic mass is 9.67. The Hall–Kier alpha value is -3.16. The van der Waals surface area contributed by atoms with Gasteiger partial charge in [0, 0.05) is 44.0 Å². The van der Waals surface area contributed by atoms with Gasteiger partial charge in [0.2, 0.25) is 11.8 Å². The molecule has 4 rings (SSSR count). The van der Waals surface area contributed by atoms with E-state index >= 15 is 0 Å². The Morgan fingerprint density at radius 1 is 1.00 bits per heavy atom. The van der Waals surface area contributed by atoms with Crippen LogP contribution in [0.5, 0.6) is 11.5 Å². The van der Waals surface area contributed by atoms with E-state index < -0.39 is 29.7 Å². The fraction of sp³-hybridized carbons (Fsp3) is 0.429. The minimum absolute atomic E-state index is 0.136. The number of ether oxygens (including phenoxy) is 1. The topological polar surface area (TPSA) is 104 Å². The number of urea groups is 1. The van der Waals surface area contributed by atoms with Crippen LogP contribution in [0.2, 0.25) is 0 Å². The molecular formula is C21H22N2O6. The van der Waals surface area contributed by atoms with Crippen LogP contribution in [0.3, 0.4) is 0 Å². The minimum atomic E-state index is -1.29. The van der Waals surface area contributed by atoms with Crippen molar-refractivity contribution in [1.29, 1.82) is 0 Å². The Balaban J connectivity index is 1.95. The molecule has 4 amide bonds. The second kappa shape index (κ2) is 6.17. The van der Waals surface area contributed by atoms with E-state index in [0.717, 1.165) is 9.80 Å². The zero-order valence-corrected chi connectivity index (χ0v) is 16.7. The predicted molar refractivity (Wildman–Crippen MR) is 101 cm³/mol. The van der Waals surface area contributed by atoms with Crippen LogP contribution < -0.4 is 4.74 Å². The van der Waals surface area contributed by atoms with Gasteiger partial charge in [-0.25, -0.2) is 4.79 Å². The van der Waals surface area contributed by atoms with Gasteiger partial charge in [-0.15, -0.1) is 0 Å². The molecule has 1 N–H and O–H groups in total. The highest BCUT2D eigenvalue weighted by Gasteiger charge is 2.53. The van der Waals surface area contributed by atoms with Crippen LogP contribution in [0.4, 0.5) is 4.79 Å². The van der Waals surface area contributed by atoms with Crippen molar-refractivity contribution in [3.8, 4) is 11.5 Å². The molecule has 0 saturated carbocycles. The number of fused-ring (bicyclic) bond motifs is 1. The molecule has 1 aromatic rings. The van der Waals surface area contributed by atoms with Crippen LogP contribution in [0.15, 0.2) is 29.5 Å². The average molecular weight is 398 g/mol. The van der Waals surface area contributed by atoms with E-state index in [9.17, 15) is 24.3 Å². The maximum Gasteiger partial charge on any atom is 0.332 e. The summed E-state index contributed by atoms with van der Waals surface area (Å²) in [7, 11) is 2.62. The van der Waals surface area contributed by atoms with Gasteiger partial charge in [-0.2, -0.15) is 0 Å². The average Bonchev–Trinajstić information content (AvgIpc) is 2.64. The van der Waals surface area contributed by atoms with Gasteiger partial charge in [0.15, 0.2) is 17.3 Å². The van der Waals surface area contributed by atoms with E-state index in [1.165, 1.54) is 20.2 Å². The van der Waals surface area contributed by atoms with E-state index in [1.54, 1.807) is 12.1 Å². The van der Waals surface area contributed by atoms with Crippen molar-refractivity contribution in [2.75, 3.05) is 14.1 Å². The lowest BCUT2D eigenvalue weighted by Crippen LogP contribution is -2.59. The molecule has 1 fully saturated rings. The molecule has 8 heteroatoms. The summed E-state index contributed by atoms with van der Waals surface area (Å²) >= 11 is 0. The van der Waals surface area contributed by atoms with Crippen molar-refractivity contribution in [3.63, 3.8) is 0 Å². The number of aromatic hydroxyl groups is 1. The summed E-state index contributed by atoms with van der Waals surface area (Å²) < 4.78 is 5.93. The number of carbonyl (C=O) groups excluding carboxylic acids is 4. The molecule has 152 valence electrons. The fourth-order valence-electron chi connectivity index (χ4n) is 4.46. The van der Waals surface area contributed by atoms with Gasteiger partial charge in [-0.1, -0.05) is 26.0 Å². The number of rotatable bonds is 1. The summed E-state index contributed by atoms with van der Waals surface area (Å²) in [5, 5.41) is 10.4. The third kappa shape index (κ3) is 2.73. The summed E-state index contributed by atoms with van der Waals surface area (Å²) in [6.07, 6.45) is 0.678. The molecule has 0 spiro atoms. The summed E-state index contributed by atoms with van der Waals surface area (Å²) in [4.78, 5) is 53.1. The molecule has 1 unspecified atom stereocenters. The second-order valence-electron chi connectivity index (χ2n) is 8.61. The van der Waals surface area contributed by atoms with Gasteiger partial charge < -0.3 is 9.84 Å². The van der Waals surface area contributed by atoms with E-state index in [0.29, 0.717) is 17.7 Å². The zero-order valence-electron chi connectivity index (χ0n) is 16.7. The van der Waals surface area contributed by atoms with Gasteiger partial charge in [0.05, 0.1) is 0 Å². The first-order chi connectivity index (χ1) is 13.5. The molecule has 29 heavy (non-hydrogen) atoms. The van der Waals surface area contributed by atoms with Crippen molar-refractivity contribution in [3.05, 3.63) is 35.1 Å². The maximum atomic E-state index is 13.1. The number of para-hydroxylation sites is 1. The monoisotopic (exact) mass is 398 g/mol. The van der Waals surface area contributed by atoms with Gasteiger partial charge in [0.1, 0.15) is 11.7 Å². The summed E-state index contributed by atoms with van der Waals surface area (Å²) in [6.45, 7) is 3.87. The highest BCUT2D eigenvalue weighted by Crippen LogP contribution is 2.53. The molecular weight excluding hydrogens is 376 g/mol. The minimum Gasteiger partial charge on any atom is -0.504 e. The first kappa shape index (κ1) is 19.2. The summed E-state index contributed by atoms with van der Waals surface area (Å²) in [6, 6.07) is 3.94. The number of phenols is 1. The van der Waals surface area contributed by atoms with Crippen LogP contribution >= 0.6 is 0 Å². The lowest BCUT2D eigenvalue weighted by molar-refractivity contribution is -0.148. The Kier molecular flexibility index (Phi) is 4.08. The molecule has 1 saturated heterocycles. The molecule has 1 aromatic carbocycles. The summed E-state index contributed by atoms with van der Waals surface area (Å²) in [5.74, 6) is -3.39. The SMILES string of the molecule is CN1C(=O)C(C2C3=C(CC(C)(C)CC3=O)Oc3c(O)cccc32)C(=O)N(C)C1=O. The summed E-state index contributed by atoms with van der Waals surface area (Å²) in [5.41, 5.74) is 0.317. The fourth-order valence-corrected chi connectivity index (χ4v) is 4.46. The number of barbiturate groups is 1. The van der Waals surface area contributed by atoms with Crippen molar-refractivity contribution in [2.24, 2.45) is 11.3 Å². The van der Waals surface area contributed by atoms with Crippen LogP contribution in [-0.4, -0.2) is 52.6 Å². The number of carbonyl (C=O) groups is 4. The molecule has 1 atom stereocenters. The largest absolute Gasteiger partial charge is 0.504 e. The maximum absolute atomic E-state index is 13.1. The number of imide groups is 2. The molecule has 2 aliphatic heterocycles. The number of nitrogens with zero attached hydrogens (tertiary/aromatic N) is 2. The van der Waals surface area contributed by atoms with E-state index in [4.69, 9.17) is 4.74 Å². The normalized spacial score (nSPS) is 24.5. The highest BCUT2D eigenvalue weighted by molar-refractivity contribution is 6.17. The van der Waals surface area contributed by atoms with Crippen LogP contribution in [0.1, 0.15) is 38.2 Å². The molecule has 0 bridgehead atoms. The first-order valence-electron chi connectivity index (χ1n) is 9.38. The number of Topliss-reactive ketones (excluding diaryl/α,β-unsaturated/α-hetero) is 1. The smallest absolute Gasteiger partial charge is 0.332 e. The third-order valence-electron chi connectivity index (χ3n) is 5.88. The molecule has 0 radical (unpaired) electrons. The molecule has 8 nitrogen and oxygen atoms in total. The van der Waals surface area contributed by atoms with Gasteiger partial charge in [-0.3, -0.25) is 24.2 Å². The number of hydrogen-bond donors (Lipinski definition) is 1. The van der Waals surface area contributed by atoms with Crippen molar-refractivity contribution >= 4 is 23.6 Å². The second-order valence-corrected chi connectivity index (χ2v) is 8.61. The van der Waals surface area contributed by atoms with Crippen LogP contribution in [0, 0.1) is 11.3 Å². The van der Waals surface area contributed by atoms with Crippen LogP contribution in [0.25, 0.3) is 0 Å². The number of allylic oxidation sites excluding steroid dienone is 2. The quantitative estimate of drug-likeness (QED) is 0.727. The van der Waals surface area contributed by atoms with E-state index in [2.05, 4.69) is 0 Å². The van der Waals surface area contributed by atoms with Gasteiger partial charge in [-0.05, 0) is 11.5 Å². The Labute approximate surface area is 167 Å². The Bertz CT molecular complexity index is 984. The van der Waals surface area contributed by atoms with Gasteiger partial charge in [0.25, 0.3) is 0 Å². The number of hydrogen-bond acceptors (Lipinski definition) is 6. The molecule has 0 aromatic heterocycles. The number of phenolic OH excluding ortho intramolecular Hbond substituents is 1. The molecule has 3 aliphatic rings. The Morgan fingerprint density at radius 2 is 1.62 bits per heavy atom. The van der Waals surface area contributed by atoms with Crippen molar-refractivity contribution < 1.29 is 29.0 Å². The van der Waals surface area contributed by atoms with Crippen molar-refractivity contribution in [2.45, 2.75) is 32.6 Å². The molecule has 1 aliphatic carbocycles. The lowest BCUT2D eigenvalue weighted by Gasteiger charge is -2.42. The number of benzene rings is 1. The van der Waals surface area contributed by atoms with Gasteiger partial charge >= 0.3 is 6.03 Å². The third-order valence-corrected chi connectivity index (χ3v) is 5.88. The first-order valence-corrected chi connectivity index (χ1v) is 9.38. The Morgan fingerprint density at radius 3 is 2.24 bits per heavy atom. The predicted octanol–water partition coefficient (Wildman–Crippen LogP) is 2.18. The van der Waals surface area contributed by atoms with Crippen molar-refractivity contribution in [1.82, 2.24) is 9.80 Å². The van der Waals surface area contributed by atoms with Crippen LogP contribution in [-0.2, 0) is 14.4 Å².